The highest BCUT2D eigenvalue weighted by molar-refractivity contribution is 7.89. The summed E-state index contributed by atoms with van der Waals surface area (Å²) < 4.78 is 113. The van der Waals surface area contributed by atoms with Crippen molar-refractivity contribution in [2.75, 3.05) is 18.6 Å². The first-order valence-corrected chi connectivity index (χ1v) is 12.3. The first-order valence-electron chi connectivity index (χ1n) is 10.8. The van der Waals surface area contributed by atoms with E-state index in [4.69, 9.17) is 4.74 Å². The number of benzene rings is 1. The van der Waals surface area contributed by atoms with Crippen LogP contribution < -0.4 is 9.64 Å². The van der Waals surface area contributed by atoms with Crippen LogP contribution in [0.25, 0.3) is 0 Å². The summed E-state index contributed by atoms with van der Waals surface area (Å²) in [4.78, 5) is 8.58. The van der Waals surface area contributed by atoms with Crippen molar-refractivity contribution in [2.45, 2.75) is 50.1 Å². The molecule has 3 fully saturated rings. The number of H-pyrrole nitrogens is 1. The lowest BCUT2D eigenvalue weighted by Crippen LogP contribution is -2.66. The number of aromatic nitrogens is 2. The van der Waals surface area contributed by atoms with Crippen molar-refractivity contribution >= 4 is 15.7 Å². The lowest BCUT2D eigenvalue weighted by molar-refractivity contribution is -0.138. The van der Waals surface area contributed by atoms with Crippen LogP contribution in [0.5, 0.6) is 5.75 Å². The summed E-state index contributed by atoms with van der Waals surface area (Å²) in [5.74, 6) is -0.258. The smallest absolute Gasteiger partial charge is 0.496 e. The fourth-order valence-corrected chi connectivity index (χ4v) is 6.68. The molecule has 2 heterocycles. The van der Waals surface area contributed by atoms with Gasteiger partial charge in [-0.05, 0) is 42.7 Å². The molecule has 3 aliphatic carbocycles. The third-order valence-electron chi connectivity index (χ3n) is 7.46. The summed E-state index contributed by atoms with van der Waals surface area (Å²) >= 11 is 0. The van der Waals surface area contributed by atoms with Crippen molar-refractivity contribution in [1.82, 2.24) is 14.3 Å². The minimum Gasteiger partial charge on any atom is -0.496 e. The molecule has 1 aliphatic heterocycles. The van der Waals surface area contributed by atoms with E-state index in [1.165, 1.54) is 18.6 Å². The number of hydrogen-bond donors (Lipinski definition) is 1. The monoisotopic (exact) mass is 524 g/mol. The van der Waals surface area contributed by atoms with Gasteiger partial charge in [-0.2, -0.15) is 30.6 Å². The molecule has 0 unspecified atom stereocenters. The van der Waals surface area contributed by atoms with Gasteiger partial charge in [-0.15, -0.1) is 0 Å². The third-order valence-corrected chi connectivity index (χ3v) is 9.01. The largest absolute Gasteiger partial charge is 0.511 e. The second-order valence-corrected chi connectivity index (χ2v) is 11.4. The Morgan fingerprint density at radius 3 is 2.34 bits per heavy atom. The quantitative estimate of drug-likeness (QED) is 0.591. The molecule has 0 amide bonds. The van der Waals surface area contributed by atoms with E-state index in [0.29, 0.717) is 11.6 Å². The van der Waals surface area contributed by atoms with Gasteiger partial charge in [-0.3, -0.25) is 0 Å². The van der Waals surface area contributed by atoms with E-state index in [9.17, 15) is 34.8 Å². The van der Waals surface area contributed by atoms with Gasteiger partial charge in [0.1, 0.15) is 5.75 Å². The number of alkyl halides is 6. The van der Waals surface area contributed by atoms with Gasteiger partial charge in [-0.1, -0.05) is 0 Å². The summed E-state index contributed by atoms with van der Waals surface area (Å²) in [5, 5.41) is 0. The highest BCUT2D eigenvalue weighted by Gasteiger charge is 2.64. The van der Waals surface area contributed by atoms with Crippen molar-refractivity contribution in [1.29, 1.82) is 0 Å². The van der Waals surface area contributed by atoms with Crippen LogP contribution in [0.4, 0.5) is 32.0 Å². The number of imidazole rings is 1. The first-order chi connectivity index (χ1) is 16.3. The molecule has 1 aromatic carbocycles. The summed E-state index contributed by atoms with van der Waals surface area (Å²) in [6, 6.07) is 1.33. The van der Waals surface area contributed by atoms with E-state index in [1.807, 2.05) is 0 Å². The van der Waals surface area contributed by atoms with Gasteiger partial charge >= 0.3 is 21.7 Å². The van der Waals surface area contributed by atoms with Crippen LogP contribution in [0.15, 0.2) is 24.7 Å². The Labute approximate surface area is 197 Å². The molecule has 1 aromatic heterocycles. The number of halogens is 6. The van der Waals surface area contributed by atoms with Crippen LogP contribution in [0, 0.1) is 11.3 Å². The molecule has 1 atom stereocenters. The number of sulfonamides is 1. The third kappa shape index (κ3) is 3.76. The second-order valence-electron chi connectivity index (χ2n) is 9.45. The van der Waals surface area contributed by atoms with Crippen LogP contribution in [0.1, 0.15) is 36.1 Å². The zero-order valence-electron chi connectivity index (χ0n) is 18.4. The minimum absolute atomic E-state index is 0.0957. The average Bonchev–Trinajstić information content (AvgIpc) is 3.14. The van der Waals surface area contributed by atoms with Crippen LogP contribution in [-0.2, 0) is 29.3 Å². The number of rotatable bonds is 5. The number of nitrogens with one attached hydrogen (secondary N) is 1. The predicted octanol–water partition coefficient (Wildman–Crippen LogP) is 4.28. The molecule has 35 heavy (non-hydrogen) atoms. The van der Waals surface area contributed by atoms with Gasteiger partial charge < -0.3 is 14.6 Å². The number of ether oxygens (including phenoxy) is 1. The topological polar surface area (TPSA) is 78.5 Å². The van der Waals surface area contributed by atoms with Gasteiger partial charge in [0, 0.05) is 36.6 Å². The van der Waals surface area contributed by atoms with Gasteiger partial charge in [0.15, 0.2) is 0 Å². The van der Waals surface area contributed by atoms with Crippen LogP contribution in [0.2, 0.25) is 0 Å². The summed E-state index contributed by atoms with van der Waals surface area (Å²) in [6.07, 6.45) is 0.243. The summed E-state index contributed by atoms with van der Waals surface area (Å²) in [5.41, 5.74) is -6.68. The fraction of sp³-hybridized carbons (Fsp3) is 0.571. The number of methoxy groups -OCH3 is 1. The van der Waals surface area contributed by atoms with E-state index in [-0.39, 0.29) is 22.1 Å². The van der Waals surface area contributed by atoms with Gasteiger partial charge in [0.25, 0.3) is 0 Å². The molecule has 4 aliphatic rings. The van der Waals surface area contributed by atoms with E-state index in [2.05, 4.69) is 9.97 Å². The molecule has 1 N–H and O–H groups in total. The van der Waals surface area contributed by atoms with Crippen molar-refractivity contribution in [2.24, 2.45) is 11.3 Å². The standard InChI is InChI=1S/C21H22F6N4O3S/c1-34-18-14-9-30(35(32,33)21(25,26)27)10-17(19-4-12(5-19)6-19)31(8-13-7-28-11-29-13)16(14)3-2-15(18)20(22,23)24/h2-3,7,11-12,17H,4-6,8-10H2,1H3,(H,28,29)/t12?,17-,19?/m0/s1. The Morgan fingerprint density at radius 1 is 1.17 bits per heavy atom. The minimum atomic E-state index is -5.83. The van der Waals surface area contributed by atoms with Crippen molar-refractivity contribution in [3.05, 3.63) is 41.5 Å². The van der Waals surface area contributed by atoms with E-state index in [1.54, 1.807) is 4.90 Å². The van der Waals surface area contributed by atoms with Crippen molar-refractivity contribution < 1.29 is 39.5 Å². The maximum absolute atomic E-state index is 13.7. The Kier molecular flexibility index (Phi) is 5.37. The number of anilines is 1. The lowest BCUT2D eigenvalue weighted by Gasteiger charge is -2.67. The highest BCUT2D eigenvalue weighted by Crippen LogP contribution is 2.68. The molecular formula is C21H22F6N4O3S. The molecular weight excluding hydrogens is 502 g/mol. The number of aromatic amines is 1. The van der Waals surface area contributed by atoms with Gasteiger partial charge in [0.05, 0.1) is 31.2 Å². The molecule has 0 radical (unpaired) electrons. The van der Waals surface area contributed by atoms with E-state index < -0.39 is 57.6 Å². The summed E-state index contributed by atoms with van der Waals surface area (Å²) in [6.45, 7) is -1.32. The zero-order valence-corrected chi connectivity index (χ0v) is 19.3. The molecule has 0 saturated heterocycles. The lowest BCUT2D eigenvalue weighted by atomic mass is 9.41. The van der Waals surface area contributed by atoms with Crippen LogP contribution in [-0.4, -0.2) is 47.9 Å². The zero-order chi connectivity index (χ0) is 25.4. The number of fused-ring (bicyclic) bond motifs is 1. The summed E-state index contributed by atoms with van der Waals surface area (Å²) in [7, 11) is -4.85. The Hall–Kier alpha value is -2.48. The molecule has 14 heteroatoms. The van der Waals surface area contributed by atoms with Crippen LogP contribution in [0.3, 0.4) is 0 Å². The van der Waals surface area contributed by atoms with Gasteiger partial charge in [-0.25, -0.2) is 13.4 Å². The molecule has 6 rings (SSSR count). The molecule has 2 aromatic rings. The van der Waals surface area contributed by atoms with Gasteiger partial charge in [0.2, 0.25) is 0 Å². The molecule has 2 bridgehead atoms. The van der Waals surface area contributed by atoms with E-state index >= 15 is 0 Å². The molecule has 7 nitrogen and oxygen atoms in total. The molecule has 192 valence electrons. The highest BCUT2D eigenvalue weighted by atomic mass is 32.2. The normalized spacial score (nSPS) is 27.0. The maximum atomic E-state index is 13.7. The van der Waals surface area contributed by atoms with Crippen LogP contribution >= 0.6 is 0 Å². The Morgan fingerprint density at radius 2 is 1.86 bits per heavy atom. The first kappa shape index (κ1) is 24.2. The number of hydrogen-bond acceptors (Lipinski definition) is 5. The number of nitrogens with zero attached hydrogens (tertiary/aromatic N) is 3. The van der Waals surface area contributed by atoms with Crippen molar-refractivity contribution in [3.8, 4) is 5.75 Å². The SMILES string of the molecule is COc1c(C(F)(F)F)ccc2c1CN(S(=O)(=O)C(F)(F)F)C[C@@H](C13CC(C1)C3)N2Cc1cnc[nH]1. The molecule has 3 saturated carbocycles. The predicted molar refractivity (Wildman–Crippen MR) is 112 cm³/mol. The molecule has 0 spiro atoms. The van der Waals surface area contributed by atoms with Crippen molar-refractivity contribution in [3.63, 3.8) is 0 Å². The van der Waals surface area contributed by atoms with E-state index in [0.717, 1.165) is 32.4 Å². The fourth-order valence-electron chi connectivity index (χ4n) is 5.75. The second kappa shape index (κ2) is 7.76. The maximum Gasteiger partial charge on any atom is 0.511 e. The Balaban J connectivity index is 1.72. The Bertz CT molecular complexity index is 1210. The average molecular weight is 524 g/mol.